The quantitative estimate of drug-likeness (QED) is 0.209. The van der Waals surface area contributed by atoms with Crippen molar-refractivity contribution in [2.45, 2.75) is 52.2 Å². The minimum Gasteiger partial charge on any atom is -0.507 e. The van der Waals surface area contributed by atoms with E-state index in [1.165, 1.54) is 16.2 Å². The lowest BCUT2D eigenvalue weighted by Crippen LogP contribution is -2.29. The first-order chi connectivity index (χ1) is 17.4. The summed E-state index contributed by atoms with van der Waals surface area (Å²) in [5.41, 5.74) is 2.04. The minimum absolute atomic E-state index is 0.00507. The predicted molar refractivity (Wildman–Crippen MR) is 137 cm³/mol. The number of benzene rings is 2. The molecular weight excluding hydrogens is 478 g/mol. The smallest absolute Gasteiger partial charge is 0.301 e. The largest absolute Gasteiger partial charge is 0.507 e. The third kappa shape index (κ3) is 4.35. The van der Waals surface area contributed by atoms with Crippen LogP contribution in [-0.2, 0) is 16.0 Å². The van der Waals surface area contributed by atoms with Crippen LogP contribution in [0.2, 0.25) is 0 Å². The number of amides is 1. The number of Topliss-reactive ketones (excluding diaryl/α,β-unsaturated/α-hetero) is 1. The van der Waals surface area contributed by atoms with E-state index < -0.39 is 17.7 Å². The summed E-state index contributed by atoms with van der Waals surface area (Å²) < 4.78 is 11.7. The van der Waals surface area contributed by atoms with Crippen LogP contribution in [0.1, 0.15) is 54.4 Å². The Kier molecular flexibility index (Phi) is 6.49. The van der Waals surface area contributed by atoms with Gasteiger partial charge in [0.05, 0.1) is 18.2 Å². The topological polar surface area (TPSA) is 102 Å². The summed E-state index contributed by atoms with van der Waals surface area (Å²) in [5.74, 6) is -0.372. The second kappa shape index (κ2) is 9.73. The molecule has 5 rings (SSSR count). The van der Waals surface area contributed by atoms with Crippen molar-refractivity contribution in [1.82, 2.24) is 10.2 Å². The molecule has 1 fully saturated rings. The number of ether oxygens (including phenoxy) is 2. The summed E-state index contributed by atoms with van der Waals surface area (Å²) in [5, 5.41) is 20.6. The Labute approximate surface area is 213 Å². The second-order valence-corrected chi connectivity index (χ2v) is 10.2. The first-order valence-corrected chi connectivity index (χ1v) is 12.8. The summed E-state index contributed by atoms with van der Waals surface area (Å²) in [6.45, 7) is 6.40. The van der Waals surface area contributed by atoms with E-state index in [0.29, 0.717) is 40.0 Å². The molecule has 1 amide bonds. The number of unbranched alkanes of at least 4 members (excludes halogenated alkanes) is 1. The van der Waals surface area contributed by atoms with Crippen LogP contribution >= 0.6 is 11.3 Å². The van der Waals surface area contributed by atoms with Crippen molar-refractivity contribution in [3.8, 4) is 11.5 Å². The molecule has 8 nitrogen and oxygen atoms in total. The Morgan fingerprint density at radius 2 is 2.06 bits per heavy atom. The average Bonchev–Trinajstić information content (AvgIpc) is 3.53. The maximum Gasteiger partial charge on any atom is 0.301 e. The number of aromatic nitrogens is 2. The molecule has 9 heteroatoms. The van der Waals surface area contributed by atoms with Gasteiger partial charge in [0.2, 0.25) is 5.13 Å². The molecule has 0 radical (unpaired) electrons. The van der Waals surface area contributed by atoms with Gasteiger partial charge < -0.3 is 14.6 Å². The Morgan fingerprint density at radius 3 is 2.81 bits per heavy atom. The molecule has 2 aliphatic rings. The van der Waals surface area contributed by atoms with Crippen LogP contribution in [0.5, 0.6) is 11.5 Å². The molecule has 0 unspecified atom stereocenters. The van der Waals surface area contributed by atoms with Crippen molar-refractivity contribution < 1.29 is 24.2 Å². The van der Waals surface area contributed by atoms with Crippen molar-refractivity contribution in [3.05, 3.63) is 69.7 Å². The molecule has 3 aromatic rings. The molecule has 2 aliphatic heterocycles. The van der Waals surface area contributed by atoms with Crippen molar-refractivity contribution in [2.75, 3.05) is 11.5 Å². The number of anilines is 1. The molecule has 186 valence electrons. The van der Waals surface area contributed by atoms with E-state index in [9.17, 15) is 14.7 Å². The summed E-state index contributed by atoms with van der Waals surface area (Å²) in [6.07, 6.45) is 2.66. The lowest BCUT2D eigenvalue weighted by Gasteiger charge is -2.23. The van der Waals surface area contributed by atoms with E-state index in [4.69, 9.17) is 9.47 Å². The zero-order valence-corrected chi connectivity index (χ0v) is 21.2. The highest BCUT2D eigenvalue weighted by atomic mass is 32.1. The van der Waals surface area contributed by atoms with Gasteiger partial charge in [0.15, 0.2) is 0 Å². The minimum atomic E-state index is -0.879. The fourth-order valence-corrected chi connectivity index (χ4v) is 5.28. The Hall–Kier alpha value is -3.72. The molecule has 2 aromatic carbocycles. The SMILES string of the molecule is CCCCOc1cccc([C@H]2C(=C(O)c3ccc4c(c3)C[C@@H](C)O4)C(=O)C(=O)N2c2nnc(C)s2)c1. The van der Waals surface area contributed by atoms with E-state index in [-0.39, 0.29) is 17.4 Å². The number of aliphatic hydroxyl groups is 1. The van der Waals surface area contributed by atoms with Crippen LogP contribution < -0.4 is 14.4 Å². The van der Waals surface area contributed by atoms with Crippen LogP contribution in [0.4, 0.5) is 5.13 Å². The van der Waals surface area contributed by atoms with E-state index in [2.05, 4.69) is 17.1 Å². The van der Waals surface area contributed by atoms with Gasteiger partial charge >= 0.3 is 5.91 Å². The number of hydrogen-bond donors (Lipinski definition) is 1. The number of carbonyl (C=O) groups excluding carboxylic acids is 2. The highest BCUT2D eigenvalue weighted by Crippen LogP contribution is 2.44. The summed E-state index contributed by atoms with van der Waals surface area (Å²) >= 11 is 1.21. The molecule has 0 bridgehead atoms. The lowest BCUT2D eigenvalue weighted by molar-refractivity contribution is -0.132. The van der Waals surface area contributed by atoms with Crippen LogP contribution in [0.15, 0.2) is 48.0 Å². The standard InChI is InChI=1S/C27H27N3O5S/c1-4-5-11-34-20-8-6-7-17(14-20)23-22(25(32)26(33)30(23)27-29-28-16(3)36-27)24(31)18-9-10-21-19(13-18)12-15(2)35-21/h6-10,13-15,23,31H,4-5,11-12H2,1-3H3/t15-,23+/m1/s1. The number of aryl methyl sites for hydroxylation is 1. The monoisotopic (exact) mass is 505 g/mol. The van der Waals surface area contributed by atoms with E-state index >= 15 is 0 Å². The zero-order valence-electron chi connectivity index (χ0n) is 20.4. The van der Waals surface area contributed by atoms with Crippen molar-refractivity contribution in [3.63, 3.8) is 0 Å². The van der Waals surface area contributed by atoms with Crippen molar-refractivity contribution in [2.24, 2.45) is 0 Å². The van der Waals surface area contributed by atoms with Gasteiger partial charge in [-0.3, -0.25) is 14.5 Å². The fourth-order valence-electron chi connectivity index (χ4n) is 4.56. The van der Waals surface area contributed by atoms with E-state index in [0.717, 1.165) is 24.2 Å². The molecule has 1 N–H and O–H groups in total. The first-order valence-electron chi connectivity index (χ1n) is 12.0. The molecule has 2 atom stereocenters. The van der Waals surface area contributed by atoms with Gasteiger partial charge in [-0.2, -0.15) is 0 Å². The third-order valence-corrected chi connectivity index (χ3v) is 7.11. The van der Waals surface area contributed by atoms with Crippen molar-refractivity contribution >= 4 is 33.9 Å². The number of ketones is 1. The van der Waals surface area contributed by atoms with Crippen LogP contribution in [-0.4, -0.2) is 39.7 Å². The number of hydrogen-bond acceptors (Lipinski definition) is 8. The highest BCUT2D eigenvalue weighted by Gasteiger charge is 2.48. The third-order valence-electron chi connectivity index (χ3n) is 6.28. The summed E-state index contributed by atoms with van der Waals surface area (Å²) in [4.78, 5) is 28.0. The molecule has 1 aromatic heterocycles. The number of aliphatic hydroxyl groups excluding tert-OH is 1. The molecule has 0 aliphatic carbocycles. The van der Waals surface area contributed by atoms with Gasteiger partial charge in [0.1, 0.15) is 28.4 Å². The molecule has 3 heterocycles. The van der Waals surface area contributed by atoms with Gasteiger partial charge in [0, 0.05) is 12.0 Å². The normalized spacial score (nSPS) is 20.5. The maximum absolute atomic E-state index is 13.4. The number of fused-ring (bicyclic) bond motifs is 1. The first kappa shape index (κ1) is 24.0. The second-order valence-electron chi connectivity index (χ2n) is 9.00. The predicted octanol–water partition coefficient (Wildman–Crippen LogP) is 4.98. The molecular formula is C27H27N3O5S. The van der Waals surface area contributed by atoms with E-state index in [1.807, 2.05) is 31.2 Å². The van der Waals surface area contributed by atoms with Crippen LogP contribution in [0.3, 0.4) is 0 Å². The van der Waals surface area contributed by atoms with Crippen molar-refractivity contribution in [1.29, 1.82) is 0 Å². The Morgan fingerprint density at radius 1 is 1.22 bits per heavy atom. The maximum atomic E-state index is 13.4. The van der Waals surface area contributed by atoms with Gasteiger partial charge in [-0.15, -0.1) is 10.2 Å². The van der Waals surface area contributed by atoms with Gasteiger partial charge in [0.25, 0.3) is 5.78 Å². The number of carbonyl (C=O) groups is 2. The van der Waals surface area contributed by atoms with Gasteiger partial charge in [-0.1, -0.05) is 36.8 Å². The summed E-state index contributed by atoms with van der Waals surface area (Å²) in [7, 11) is 0. The van der Waals surface area contributed by atoms with Gasteiger partial charge in [-0.05, 0) is 61.7 Å². The molecule has 0 spiro atoms. The van der Waals surface area contributed by atoms with Crippen LogP contribution in [0.25, 0.3) is 5.76 Å². The summed E-state index contributed by atoms with van der Waals surface area (Å²) in [6, 6.07) is 11.7. The van der Waals surface area contributed by atoms with E-state index in [1.54, 1.807) is 25.1 Å². The highest BCUT2D eigenvalue weighted by molar-refractivity contribution is 7.15. The zero-order chi connectivity index (χ0) is 25.4. The lowest BCUT2D eigenvalue weighted by atomic mass is 9.94. The molecule has 1 saturated heterocycles. The molecule has 0 saturated carbocycles. The number of nitrogens with zero attached hydrogens (tertiary/aromatic N) is 3. The van der Waals surface area contributed by atoms with Crippen LogP contribution in [0, 0.1) is 6.92 Å². The average molecular weight is 506 g/mol. The number of rotatable bonds is 7. The Bertz CT molecular complexity index is 1360. The van der Waals surface area contributed by atoms with Gasteiger partial charge in [-0.25, -0.2) is 0 Å². The Balaban J connectivity index is 1.63. The fraction of sp³-hybridized carbons (Fsp3) is 0.333. The molecule has 36 heavy (non-hydrogen) atoms.